The van der Waals surface area contributed by atoms with E-state index in [1.807, 2.05) is 0 Å². The Balaban J connectivity index is 3.80. The maximum atomic E-state index is 5.86. The predicted octanol–water partition coefficient (Wildman–Crippen LogP) is 3.26. The van der Waals surface area contributed by atoms with Crippen LogP contribution in [0.4, 0.5) is 0 Å². The van der Waals surface area contributed by atoms with Gasteiger partial charge in [-0.05, 0) is 33.0 Å². The fraction of sp³-hybridized carbons (Fsp3) is 1.00. The lowest BCUT2D eigenvalue weighted by Crippen LogP contribution is -2.36. The molecule has 0 aliphatic heterocycles. The molecule has 0 aromatic heterocycles. The molecule has 0 aliphatic rings. The van der Waals surface area contributed by atoms with Crippen LogP contribution in [0.2, 0.25) is 19.6 Å². The van der Waals surface area contributed by atoms with Crippen LogP contribution in [0.25, 0.3) is 0 Å². The highest BCUT2D eigenvalue weighted by Gasteiger charge is 2.21. The first kappa shape index (κ1) is 14.4. The second kappa shape index (κ2) is 6.83. The Hall–Kier alpha value is 0.427. The Morgan fingerprint density at radius 3 is 2.21 bits per heavy atom. The summed E-state index contributed by atoms with van der Waals surface area (Å²) in [6, 6.07) is 0. The summed E-state index contributed by atoms with van der Waals surface area (Å²) in [6.45, 7) is 11.3. The van der Waals surface area contributed by atoms with Gasteiger partial charge in [0.25, 0.3) is 0 Å². The maximum absolute atomic E-state index is 5.86. The van der Waals surface area contributed by atoms with Gasteiger partial charge in [0, 0.05) is 5.88 Å². The van der Waals surface area contributed by atoms with E-state index in [9.17, 15) is 0 Å². The van der Waals surface area contributed by atoms with Crippen molar-refractivity contribution < 1.29 is 9.16 Å². The summed E-state index contributed by atoms with van der Waals surface area (Å²) < 4.78 is 11.5. The van der Waals surface area contributed by atoms with Gasteiger partial charge in [-0.25, -0.2) is 0 Å². The molecule has 86 valence electrons. The number of rotatable bonds is 7. The molecule has 0 aliphatic carbocycles. The van der Waals surface area contributed by atoms with Gasteiger partial charge in [-0.3, -0.25) is 0 Å². The Morgan fingerprint density at radius 2 is 1.86 bits per heavy atom. The number of halogens is 1. The molecule has 0 aromatic rings. The van der Waals surface area contributed by atoms with Crippen LogP contribution in [-0.4, -0.2) is 33.0 Å². The molecule has 0 heterocycles. The van der Waals surface area contributed by atoms with Crippen molar-refractivity contribution in [2.45, 2.75) is 52.1 Å². The van der Waals surface area contributed by atoms with E-state index in [0.29, 0.717) is 18.6 Å². The lowest BCUT2D eigenvalue weighted by molar-refractivity contribution is 0.0117. The molecular formula is C10H23ClO2Si. The summed E-state index contributed by atoms with van der Waals surface area (Å²) in [6.07, 6.45) is 1.38. The molecule has 0 aromatic carbocycles. The molecular weight excluding hydrogens is 216 g/mol. The summed E-state index contributed by atoms with van der Waals surface area (Å²) in [5.74, 6) is 0.515. The SMILES string of the molecule is CCC(C)OCC(CCl)O[Si](C)(C)C. The van der Waals surface area contributed by atoms with Gasteiger partial charge in [0.05, 0.1) is 18.8 Å². The molecule has 0 fully saturated rings. The third kappa shape index (κ3) is 7.80. The van der Waals surface area contributed by atoms with Gasteiger partial charge in [-0.1, -0.05) is 6.92 Å². The summed E-state index contributed by atoms with van der Waals surface area (Å²) in [5, 5.41) is 0. The molecule has 0 saturated carbocycles. The molecule has 4 heteroatoms. The van der Waals surface area contributed by atoms with Gasteiger partial charge in [0.1, 0.15) is 0 Å². The van der Waals surface area contributed by atoms with Gasteiger partial charge >= 0.3 is 0 Å². The first-order valence-electron chi connectivity index (χ1n) is 5.24. The summed E-state index contributed by atoms with van der Waals surface area (Å²) in [7, 11) is -1.49. The molecule has 0 amide bonds. The second-order valence-corrected chi connectivity index (χ2v) is 9.33. The fourth-order valence-corrected chi connectivity index (χ4v) is 2.41. The van der Waals surface area contributed by atoms with E-state index in [1.165, 1.54) is 0 Å². The van der Waals surface area contributed by atoms with E-state index in [2.05, 4.69) is 33.5 Å². The maximum Gasteiger partial charge on any atom is 0.184 e. The first-order chi connectivity index (χ1) is 6.39. The summed E-state index contributed by atoms with van der Waals surface area (Å²) in [4.78, 5) is 0. The summed E-state index contributed by atoms with van der Waals surface area (Å²) >= 11 is 5.82. The van der Waals surface area contributed by atoms with Crippen LogP contribution in [0, 0.1) is 0 Å². The van der Waals surface area contributed by atoms with Crippen LogP contribution in [0.3, 0.4) is 0 Å². The van der Waals surface area contributed by atoms with Crippen molar-refractivity contribution in [1.29, 1.82) is 0 Å². The minimum absolute atomic E-state index is 0.0531. The molecule has 2 atom stereocenters. The Labute approximate surface area is 94.1 Å². The minimum atomic E-state index is -1.49. The zero-order valence-corrected chi connectivity index (χ0v) is 11.7. The second-order valence-electron chi connectivity index (χ2n) is 4.56. The minimum Gasteiger partial charge on any atom is -0.411 e. The van der Waals surface area contributed by atoms with Crippen LogP contribution >= 0.6 is 11.6 Å². The highest BCUT2D eigenvalue weighted by Crippen LogP contribution is 2.10. The normalized spacial score (nSPS) is 16.7. The molecule has 0 spiro atoms. The lowest BCUT2D eigenvalue weighted by atomic mass is 10.3. The third-order valence-electron chi connectivity index (χ3n) is 1.83. The average Bonchev–Trinajstić information content (AvgIpc) is 2.09. The number of alkyl halides is 1. The third-order valence-corrected chi connectivity index (χ3v) is 3.22. The van der Waals surface area contributed by atoms with Crippen LogP contribution in [0.15, 0.2) is 0 Å². The van der Waals surface area contributed by atoms with Crippen LogP contribution in [0.5, 0.6) is 0 Å². The summed E-state index contributed by atoms with van der Waals surface area (Å²) in [5.41, 5.74) is 0. The van der Waals surface area contributed by atoms with Gasteiger partial charge < -0.3 is 9.16 Å². The van der Waals surface area contributed by atoms with Crippen molar-refractivity contribution in [3.05, 3.63) is 0 Å². The van der Waals surface area contributed by atoms with Gasteiger partial charge in [0.2, 0.25) is 0 Å². The monoisotopic (exact) mass is 238 g/mol. The highest BCUT2D eigenvalue weighted by atomic mass is 35.5. The van der Waals surface area contributed by atoms with E-state index in [1.54, 1.807) is 0 Å². The Bertz CT molecular complexity index is 148. The van der Waals surface area contributed by atoms with Gasteiger partial charge in [0.15, 0.2) is 8.32 Å². The molecule has 0 rings (SSSR count). The van der Waals surface area contributed by atoms with Crippen molar-refractivity contribution >= 4 is 19.9 Å². The molecule has 0 radical (unpaired) electrons. The van der Waals surface area contributed by atoms with Crippen LogP contribution < -0.4 is 0 Å². The highest BCUT2D eigenvalue weighted by molar-refractivity contribution is 6.69. The largest absolute Gasteiger partial charge is 0.411 e. The topological polar surface area (TPSA) is 18.5 Å². The zero-order chi connectivity index (χ0) is 11.2. The van der Waals surface area contributed by atoms with Crippen LogP contribution in [-0.2, 0) is 9.16 Å². The molecule has 2 nitrogen and oxygen atoms in total. The van der Waals surface area contributed by atoms with Crippen molar-refractivity contribution in [1.82, 2.24) is 0 Å². The standard InChI is InChI=1S/C10H23ClO2Si/c1-6-9(2)12-8-10(7-11)13-14(3,4)5/h9-10H,6-8H2,1-5H3. The van der Waals surface area contributed by atoms with E-state index in [-0.39, 0.29) is 6.10 Å². The predicted molar refractivity (Wildman–Crippen MR) is 64.6 cm³/mol. The number of ether oxygens (including phenoxy) is 1. The molecule has 14 heavy (non-hydrogen) atoms. The smallest absolute Gasteiger partial charge is 0.184 e. The molecule has 0 bridgehead atoms. The van der Waals surface area contributed by atoms with Gasteiger partial charge in [-0.2, -0.15) is 0 Å². The molecule has 0 saturated heterocycles. The molecule has 2 unspecified atom stereocenters. The van der Waals surface area contributed by atoms with Crippen molar-refractivity contribution in [2.24, 2.45) is 0 Å². The quantitative estimate of drug-likeness (QED) is 0.501. The van der Waals surface area contributed by atoms with Gasteiger partial charge in [-0.15, -0.1) is 11.6 Å². The van der Waals surface area contributed by atoms with Crippen LogP contribution in [0.1, 0.15) is 20.3 Å². The van der Waals surface area contributed by atoms with E-state index in [0.717, 1.165) is 6.42 Å². The Morgan fingerprint density at radius 1 is 1.29 bits per heavy atom. The average molecular weight is 239 g/mol. The fourth-order valence-electron chi connectivity index (χ4n) is 1.000. The zero-order valence-electron chi connectivity index (χ0n) is 9.97. The number of hydrogen-bond donors (Lipinski definition) is 0. The van der Waals surface area contributed by atoms with E-state index >= 15 is 0 Å². The Kier molecular flexibility index (Phi) is 7.04. The first-order valence-corrected chi connectivity index (χ1v) is 9.18. The van der Waals surface area contributed by atoms with Crippen molar-refractivity contribution in [3.8, 4) is 0 Å². The lowest BCUT2D eigenvalue weighted by Gasteiger charge is -2.25. The number of hydrogen-bond acceptors (Lipinski definition) is 2. The van der Waals surface area contributed by atoms with Crippen molar-refractivity contribution in [3.63, 3.8) is 0 Å². The van der Waals surface area contributed by atoms with E-state index < -0.39 is 8.32 Å². The van der Waals surface area contributed by atoms with Crippen molar-refractivity contribution in [2.75, 3.05) is 12.5 Å². The van der Waals surface area contributed by atoms with E-state index in [4.69, 9.17) is 20.8 Å². The molecule has 0 N–H and O–H groups in total.